The molecule has 0 bridgehead atoms. The number of nitrogens with one attached hydrogen (secondary N) is 1. The van der Waals surface area contributed by atoms with Crippen LogP contribution in [0.25, 0.3) is 0 Å². The second-order valence-electron chi connectivity index (χ2n) is 5.29. The average molecular weight is 235 g/mol. The molecule has 2 rings (SSSR count). The molecular formula is C15H22FN. The second-order valence-corrected chi connectivity index (χ2v) is 5.29. The molecular weight excluding hydrogens is 213 g/mol. The van der Waals surface area contributed by atoms with Crippen molar-refractivity contribution in [1.82, 2.24) is 5.32 Å². The predicted octanol–water partition coefficient (Wildman–Crippen LogP) is 3.45. The molecule has 1 saturated carbocycles. The molecule has 0 heterocycles. The Morgan fingerprint density at radius 2 is 2.18 bits per heavy atom. The van der Waals surface area contributed by atoms with Gasteiger partial charge < -0.3 is 5.32 Å². The van der Waals surface area contributed by atoms with E-state index in [0.717, 1.165) is 6.42 Å². The lowest BCUT2D eigenvalue weighted by molar-refractivity contribution is 0.294. The summed E-state index contributed by atoms with van der Waals surface area (Å²) in [6, 6.07) is 5.81. The largest absolute Gasteiger partial charge is 0.317 e. The number of hydrogen-bond acceptors (Lipinski definition) is 1. The van der Waals surface area contributed by atoms with E-state index in [-0.39, 0.29) is 5.82 Å². The lowest BCUT2D eigenvalue weighted by atomic mass is 9.81. The van der Waals surface area contributed by atoms with Crippen molar-refractivity contribution in [2.75, 3.05) is 7.05 Å². The van der Waals surface area contributed by atoms with Gasteiger partial charge in [0.1, 0.15) is 5.82 Å². The summed E-state index contributed by atoms with van der Waals surface area (Å²) in [7, 11) is 2.04. The lowest BCUT2D eigenvalue weighted by Gasteiger charge is -2.29. The van der Waals surface area contributed by atoms with E-state index in [1.165, 1.54) is 36.8 Å². The Labute approximate surface area is 103 Å². The van der Waals surface area contributed by atoms with Crippen molar-refractivity contribution >= 4 is 0 Å². The molecule has 1 N–H and O–H groups in total. The smallest absolute Gasteiger partial charge is 0.123 e. The third-order valence-corrected chi connectivity index (χ3v) is 4.01. The quantitative estimate of drug-likeness (QED) is 0.846. The first-order chi connectivity index (χ1) is 8.19. The summed E-state index contributed by atoms with van der Waals surface area (Å²) >= 11 is 0. The highest BCUT2D eigenvalue weighted by Gasteiger charge is 2.21. The maximum atomic E-state index is 13.2. The normalized spacial score (nSPS) is 24.9. The first-order valence-electron chi connectivity index (χ1n) is 6.61. The van der Waals surface area contributed by atoms with E-state index in [1.54, 1.807) is 12.1 Å². The molecule has 1 fully saturated rings. The van der Waals surface area contributed by atoms with Crippen LogP contribution in [0.2, 0.25) is 0 Å². The SMILES string of the molecule is CNC1CCCC(Cc2cc(F)ccc2C)C1. The van der Waals surface area contributed by atoms with Gasteiger partial charge in [0.05, 0.1) is 0 Å². The van der Waals surface area contributed by atoms with Crippen molar-refractivity contribution in [3.8, 4) is 0 Å². The highest BCUT2D eigenvalue weighted by Crippen LogP contribution is 2.28. The monoisotopic (exact) mass is 235 g/mol. The first-order valence-corrected chi connectivity index (χ1v) is 6.61. The molecule has 1 aromatic carbocycles. The summed E-state index contributed by atoms with van der Waals surface area (Å²) < 4.78 is 13.2. The van der Waals surface area contributed by atoms with Crippen molar-refractivity contribution in [3.63, 3.8) is 0 Å². The molecule has 1 nitrogen and oxygen atoms in total. The van der Waals surface area contributed by atoms with Crippen LogP contribution in [0.5, 0.6) is 0 Å². The molecule has 1 aromatic rings. The molecule has 0 saturated heterocycles. The molecule has 0 aliphatic heterocycles. The third kappa shape index (κ3) is 3.29. The maximum Gasteiger partial charge on any atom is 0.123 e. The molecule has 2 atom stereocenters. The highest BCUT2D eigenvalue weighted by molar-refractivity contribution is 5.27. The van der Waals surface area contributed by atoms with Gasteiger partial charge in [0.15, 0.2) is 0 Å². The number of hydrogen-bond donors (Lipinski definition) is 1. The molecule has 1 aliphatic carbocycles. The molecule has 17 heavy (non-hydrogen) atoms. The molecule has 0 amide bonds. The van der Waals surface area contributed by atoms with Crippen molar-refractivity contribution in [1.29, 1.82) is 0 Å². The van der Waals surface area contributed by atoms with Crippen LogP contribution in [0.3, 0.4) is 0 Å². The summed E-state index contributed by atoms with van der Waals surface area (Å²) in [6.45, 7) is 2.08. The summed E-state index contributed by atoms with van der Waals surface area (Å²) in [5.74, 6) is 0.605. The van der Waals surface area contributed by atoms with Crippen LogP contribution in [-0.4, -0.2) is 13.1 Å². The van der Waals surface area contributed by atoms with E-state index in [2.05, 4.69) is 12.2 Å². The van der Waals surface area contributed by atoms with Gasteiger partial charge >= 0.3 is 0 Å². The van der Waals surface area contributed by atoms with Crippen molar-refractivity contribution < 1.29 is 4.39 Å². The zero-order valence-electron chi connectivity index (χ0n) is 10.8. The minimum absolute atomic E-state index is 0.105. The van der Waals surface area contributed by atoms with E-state index >= 15 is 0 Å². The molecule has 0 spiro atoms. The Bertz CT molecular complexity index is 375. The van der Waals surface area contributed by atoms with Gasteiger partial charge in [0.25, 0.3) is 0 Å². The summed E-state index contributed by atoms with van der Waals surface area (Å²) in [6.07, 6.45) is 6.13. The van der Waals surface area contributed by atoms with Gasteiger partial charge in [-0.05, 0) is 62.4 Å². The lowest BCUT2D eigenvalue weighted by Crippen LogP contribution is -2.32. The fourth-order valence-corrected chi connectivity index (χ4v) is 2.91. The fraction of sp³-hybridized carbons (Fsp3) is 0.600. The van der Waals surface area contributed by atoms with Gasteiger partial charge in [-0.2, -0.15) is 0 Å². The van der Waals surface area contributed by atoms with Crippen LogP contribution >= 0.6 is 0 Å². The van der Waals surface area contributed by atoms with Crippen LogP contribution in [-0.2, 0) is 6.42 Å². The molecule has 1 aliphatic rings. The Kier molecular flexibility index (Phi) is 4.16. The standard InChI is InChI=1S/C15H22FN/c1-11-6-7-14(16)10-13(11)8-12-4-3-5-15(9-12)17-2/h6-7,10,12,15,17H,3-5,8-9H2,1-2H3. The van der Waals surface area contributed by atoms with Gasteiger partial charge in [-0.1, -0.05) is 18.9 Å². The predicted molar refractivity (Wildman–Crippen MR) is 69.6 cm³/mol. The Hall–Kier alpha value is -0.890. The van der Waals surface area contributed by atoms with E-state index in [4.69, 9.17) is 0 Å². The Morgan fingerprint density at radius 1 is 1.35 bits per heavy atom. The Balaban J connectivity index is 2.02. The minimum Gasteiger partial charge on any atom is -0.317 e. The first kappa shape index (κ1) is 12.6. The minimum atomic E-state index is -0.105. The maximum absolute atomic E-state index is 13.2. The summed E-state index contributed by atoms with van der Waals surface area (Å²) in [5, 5.41) is 3.37. The van der Waals surface area contributed by atoms with Crippen LogP contribution in [0.1, 0.15) is 36.8 Å². The van der Waals surface area contributed by atoms with Gasteiger partial charge in [0, 0.05) is 6.04 Å². The van der Waals surface area contributed by atoms with Gasteiger partial charge in [-0.15, -0.1) is 0 Å². The Morgan fingerprint density at radius 3 is 2.94 bits per heavy atom. The zero-order valence-corrected chi connectivity index (χ0v) is 10.8. The number of rotatable bonds is 3. The van der Waals surface area contributed by atoms with Gasteiger partial charge in [-0.3, -0.25) is 0 Å². The van der Waals surface area contributed by atoms with Crippen LogP contribution < -0.4 is 5.32 Å². The number of aryl methyl sites for hydroxylation is 1. The zero-order chi connectivity index (χ0) is 12.3. The third-order valence-electron chi connectivity index (χ3n) is 4.01. The summed E-state index contributed by atoms with van der Waals surface area (Å²) in [5.41, 5.74) is 2.41. The van der Waals surface area contributed by atoms with Gasteiger partial charge in [0.2, 0.25) is 0 Å². The summed E-state index contributed by atoms with van der Waals surface area (Å²) in [4.78, 5) is 0. The van der Waals surface area contributed by atoms with Crippen LogP contribution in [0, 0.1) is 18.7 Å². The average Bonchev–Trinajstić information content (AvgIpc) is 2.34. The number of halogens is 1. The molecule has 0 aromatic heterocycles. The van der Waals surface area contributed by atoms with E-state index in [1.807, 2.05) is 13.1 Å². The molecule has 94 valence electrons. The fourth-order valence-electron chi connectivity index (χ4n) is 2.91. The topological polar surface area (TPSA) is 12.0 Å². The molecule has 0 radical (unpaired) electrons. The van der Waals surface area contributed by atoms with E-state index in [9.17, 15) is 4.39 Å². The van der Waals surface area contributed by atoms with E-state index in [0.29, 0.717) is 12.0 Å². The highest BCUT2D eigenvalue weighted by atomic mass is 19.1. The van der Waals surface area contributed by atoms with Crippen LogP contribution in [0.15, 0.2) is 18.2 Å². The molecule has 2 unspecified atom stereocenters. The van der Waals surface area contributed by atoms with Crippen LogP contribution in [0.4, 0.5) is 4.39 Å². The van der Waals surface area contributed by atoms with Crippen molar-refractivity contribution in [2.24, 2.45) is 5.92 Å². The van der Waals surface area contributed by atoms with Gasteiger partial charge in [-0.25, -0.2) is 4.39 Å². The molecule has 2 heteroatoms. The van der Waals surface area contributed by atoms with Crippen molar-refractivity contribution in [3.05, 3.63) is 35.1 Å². The van der Waals surface area contributed by atoms with Crippen molar-refractivity contribution in [2.45, 2.75) is 45.1 Å². The number of benzene rings is 1. The second kappa shape index (κ2) is 5.63. The van der Waals surface area contributed by atoms with E-state index < -0.39 is 0 Å².